The fraction of sp³-hybridized carbons (Fsp3) is 0.655. The van der Waals surface area contributed by atoms with E-state index < -0.39 is 35.6 Å². The zero-order valence-electron chi connectivity index (χ0n) is 23.3. The van der Waals surface area contributed by atoms with Crippen molar-refractivity contribution >= 4 is 29.2 Å². The van der Waals surface area contributed by atoms with E-state index in [0.717, 1.165) is 18.8 Å². The Balaban J connectivity index is 1.46. The number of aliphatic hydroxyl groups excluding tert-OH is 1. The summed E-state index contributed by atoms with van der Waals surface area (Å²) in [6.07, 6.45) is 2.01. The minimum Gasteiger partial charge on any atom is -0.383 e. The largest absolute Gasteiger partial charge is 0.383 e. The first-order chi connectivity index (χ1) is 17.9. The fourth-order valence-electron chi connectivity index (χ4n) is 5.82. The van der Waals surface area contributed by atoms with Crippen molar-refractivity contribution in [3.8, 4) is 0 Å². The molecule has 4 rings (SSSR count). The van der Waals surface area contributed by atoms with Crippen molar-refractivity contribution in [2.24, 2.45) is 11.3 Å². The van der Waals surface area contributed by atoms with Gasteiger partial charge in [-0.2, -0.15) is 0 Å². The van der Waals surface area contributed by atoms with Gasteiger partial charge in [0, 0.05) is 30.9 Å². The van der Waals surface area contributed by atoms with Crippen LogP contribution in [0.15, 0.2) is 24.3 Å². The lowest BCUT2D eigenvalue weighted by atomic mass is 9.88. The maximum atomic E-state index is 13.7. The molecule has 38 heavy (non-hydrogen) atoms. The standard InChI is InChI=1S/C29H42N4O5/c1-18(2)16-21(30-26(36)19-8-10-20(11-9-19)31-13-6-7-14-31)27(37)32-15-12-22-24(32)23(34)17-33(22)28(38)25(35)29(3,4)5/h8-11,18,21-22,24-25,35H,6-7,12-17H2,1-5H3,(H,30,36). The summed E-state index contributed by atoms with van der Waals surface area (Å²) in [5.41, 5.74) is 0.914. The van der Waals surface area contributed by atoms with Crippen molar-refractivity contribution in [3.63, 3.8) is 0 Å². The van der Waals surface area contributed by atoms with Gasteiger partial charge < -0.3 is 25.1 Å². The van der Waals surface area contributed by atoms with Crippen LogP contribution in [0.1, 0.15) is 70.7 Å². The molecule has 0 aliphatic carbocycles. The third-order valence-electron chi connectivity index (χ3n) is 7.95. The molecule has 3 aliphatic rings. The van der Waals surface area contributed by atoms with Gasteiger partial charge in [0.05, 0.1) is 12.6 Å². The van der Waals surface area contributed by atoms with Gasteiger partial charge in [0.1, 0.15) is 18.2 Å². The highest BCUT2D eigenvalue weighted by Gasteiger charge is 2.53. The average molecular weight is 527 g/mol. The molecule has 3 aliphatic heterocycles. The van der Waals surface area contributed by atoms with Gasteiger partial charge >= 0.3 is 0 Å². The van der Waals surface area contributed by atoms with Crippen molar-refractivity contribution in [1.29, 1.82) is 0 Å². The molecule has 0 saturated carbocycles. The molecule has 3 heterocycles. The molecule has 1 aromatic carbocycles. The van der Waals surface area contributed by atoms with E-state index in [9.17, 15) is 24.3 Å². The number of fused-ring (bicyclic) bond motifs is 1. The van der Waals surface area contributed by atoms with Gasteiger partial charge in [-0.05, 0) is 61.3 Å². The number of hydrogen-bond donors (Lipinski definition) is 2. The highest BCUT2D eigenvalue weighted by atomic mass is 16.3. The molecule has 3 fully saturated rings. The summed E-state index contributed by atoms with van der Waals surface area (Å²) >= 11 is 0. The zero-order valence-corrected chi connectivity index (χ0v) is 23.3. The smallest absolute Gasteiger partial charge is 0.252 e. The van der Waals surface area contributed by atoms with Crippen LogP contribution in [0.5, 0.6) is 0 Å². The van der Waals surface area contributed by atoms with Gasteiger partial charge in [-0.3, -0.25) is 19.2 Å². The molecule has 0 bridgehead atoms. The number of amides is 3. The highest BCUT2D eigenvalue weighted by Crippen LogP contribution is 2.33. The number of hydrogen-bond acceptors (Lipinski definition) is 6. The SMILES string of the molecule is CC(C)CC(NC(=O)c1ccc(N2CCCC2)cc1)C(=O)N1CCC2C1C(=O)CN2C(=O)C(O)C(C)(C)C. The summed E-state index contributed by atoms with van der Waals surface area (Å²) in [5.74, 6) is -1.16. The third kappa shape index (κ3) is 5.72. The lowest BCUT2D eigenvalue weighted by Gasteiger charge is -2.31. The minimum atomic E-state index is -1.23. The van der Waals surface area contributed by atoms with Gasteiger partial charge in [-0.1, -0.05) is 34.6 Å². The number of nitrogens with one attached hydrogen (secondary N) is 1. The van der Waals surface area contributed by atoms with Crippen LogP contribution in [0, 0.1) is 11.3 Å². The van der Waals surface area contributed by atoms with Crippen molar-refractivity contribution in [3.05, 3.63) is 29.8 Å². The molecule has 0 radical (unpaired) electrons. The summed E-state index contributed by atoms with van der Waals surface area (Å²) in [7, 11) is 0. The monoisotopic (exact) mass is 526 g/mol. The predicted octanol–water partition coefficient (Wildman–Crippen LogP) is 2.22. The van der Waals surface area contributed by atoms with E-state index in [1.165, 1.54) is 22.6 Å². The molecule has 208 valence electrons. The predicted molar refractivity (Wildman–Crippen MR) is 145 cm³/mol. The highest BCUT2D eigenvalue weighted by molar-refractivity contribution is 6.01. The number of ketones is 1. The van der Waals surface area contributed by atoms with Gasteiger partial charge in [-0.15, -0.1) is 0 Å². The normalized spacial score (nSPS) is 23.1. The van der Waals surface area contributed by atoms with Crippen molar-refractivity contribution in [1.82, 2.24) is 15.1 Å². The Kier molecular flexibility index (Phi) is 8.16. The Morgan fingerprint density at radius 3 is 2.21 bits per heavy atom. The number of aliphatic hydroxyl groups is 1. The lowest BCUT2D eigenvalue weighted by Crippen LogP contribution is -2.53. The van der Waals surface area contributed by atoms with Crippen LogP contribution in [0.3, 0.4) is 0 Å². The number of carbonyl (C=O) groups excluding carboxylic acids is 4. The van der Waals surface area contributed by atoms with E-state index in [1.54, 1.807) is 32.9 Å². The lowest BCUT2D eigenvalue weighted by molar-refractivity contribution is -0.147. The molecule has 4 atom stereocenters. The van der Waals surface area contributed by atoms with Crippen LogP contribution in [-0.4, -0.2) is 88.8 Å². The van der Waals surface area contributed by atoms with Gasteiger partial charge in [0.25, 0.3) is 11.8 Å². The minimum absolute atomic E-state index is 0.115. The number of nitrogens with zero attached hydrogens (tertiary/aromatic N) is 3. The number of rotatable bonds is 7. The summed E-state index contributed by atoms with van der Waals surface area (Å²) < 4.78 is 0. The number of likely N-dealkylation sites (tertiary alicyclic amines) is 2. The van der Waals surface area contributed by atoms with Gasteiger partial charge in [-0.25, -0.2) is 0 Å². The first-order valence-corrected chi connectivity index (χ1v) is 13.9. The molecule has 3 amide bonds. The quantitative estimate of drug-likeness (QED) is 0.564. The zero-order chi connectivity index (χ0) is 27.8. The van der Waals surface area contributed by atoms with E-state index in [0.29, 0.717) is 24.9 Å². The Labute approximate surface area is 225 Å². The summed E-state index contributed by atoms with van der Waals surface area (Å²) in [6, 6.07) is 5.48. The topological polar surface area (TPSA) is 110 Å². The molecule has 1 aromatic rings. The van der Waals surface area contributed by atoms with Crippen LogP contribution in [0.25, 0.3) is 0 Å². The summed E-state index contributed by atoms with van der Waals surface area (Å²) in [5, 5.41) is 13.5. The summed E-state index contributed by atoms with van der Waals surface area (Å²) in [6.45, 7) is 11.5. The second kappa shape index (κ2) is 11.0. The maximum absolute atomic E-state index is 13.7. The maximum Gasteiger partial charge on any atom is 0.252 e. The Hall–Kier alpha value is -2.94. The molecule has 9 heteroatoms. The number of benzene rings is 1. The molecular weight excluding hydrogens is 484 g/mol. The average Bonchev–Trinajstić information content (AvgIpc) is 3.60. The van der Waals surface area contributed by atoms with E-state index in [-0.39, 0.29) is 30.1 Å². The van der Waals surface area contributed by atoms with Crippen LogP contribution in [0.4, 0.5) is 5.69 Å². The number of carbonyl (C=O) groups is 4. The Bertz CT molecular complexity index is 1060. The second-order valence-corrected chi connectivity index (χ2v) is 12.4. The van der Waals surface area contributed by atoms with Gasteiger partial charge in [0.15, 0.2) is 5.78 Å². The van der Waals surface area contributed by atoms with Crippen molar-refractivity contribution in [2.45, 2.75) is 84.5 Å². The van der Waals surface area contributed by atoms with Crippen molar-refractivity contribution < 1.29 is 24.3 Å². The van der Waals surface area contributed by atoms with Crippen LogP contribution in [0.2, 0.25) is 0 Å². The van der Waals surface area contributed by atoms with E-state index in [4.69, 9.17) is 0 Å². The number of anilines is 1. The third-order valence-corrected chi connectivity index (χ3v) is 7.95. The first-order valence-electron chi connectivity index (χ1n) is 13.9. The van der Waals surface area contributed by atoms with Crippen molar-refractivity contribution in [2.75, 3.05) is 31.1 Å². The van der Waals surface area contributed by atoms with Crippen LogP contribution >= 0.6 is 0 Å². The fourth-order valence-corrected chi connectivity index (χ4v) is 5.82. The summed E-state index contributed by atoms with van der Waals surface area (Å²) in [4.78, 5) is 58.2. The van der Waals surface area contributed by atoms with Gasteiger partial charge in [0.2, 0.25) is 5.91 Å². The second-order valence-electron chi connectivity index (χ2n) is 12.4. The molecule has 0 aromatic heterocycles. The molecule has 9 nitrogen and oxygen atoms in total. The molecule has 0 spiro atoms. The Morgan fingerprint density at radius 1 is 1.00 bits per heavy atom. The molecular formula is C29H42N4O5. The Morgan fingerprint density at radius 2 is 1.63 bits per heavy atom. The number of Topliss-reactive ketones (excluding diaryl/α,β-unsaturated/α-hetero) is 1. The molecule has 4 unspecified atom stereocenters. The van der Waals surface area contributed by atoms with E-state index in [1.807, 2.05) is 26.0 Å². The first kappa shape index (κ1) is 28.1. The van der Waals surface area contributed by atoms with E-state index >= 15 is 0 Å². The molecule has 3 saturated heterocycles. The van der Waals surface area contributed by atoms with Crippen LogP contribution in [-0.2, 0) is 14.4 Å². The van der Waals surface area contributed by atoms with Crippen LogP contribution < -0.4 is 10.2 Å². The molecule has 2 N–H and O–H groups in total. The van der Waals surface area contributed by atoms with E-state index in [2.05, 4.69) is 10.2 Å².